The van der Waals surface area contributed by atoms with Gasteiger partial charge in [0.15, 0.2) is 5.82 Å². The summed E-state index contributed by atoms with van der Waals surface area (Å²) in [4.78, 5) is 30.5. The van der Waals surface area contributed by atoms with E-state index in [4.69, 9.17) is 16.3 Å². The topological polar surface area (TPSA) is 94.9 Å². The first-order valence-corrected chi connectivity index (χ1v) is 16.2. The molecule has 4 aliphatic heterocycles. The Morgan fingerprint density at radius 2 is 1.90 bits per heavy atom. The number of alkyl halides is 4. The summed E-state index contributed by atoms with van der Waals surface area (Å²) in [6.07, 6.45) is -1.96. The molecule has 4 fully saturated rings. The molecule has 2 aromatic heterocycles. The third-order valence-corrected chi connectivity index (χ3v) is 10.6. The number of amides is 1. The van der Waals surface area contributed by atoms with Crippen molar-refractivity contribution in [2.24, 2.45) is 0 Å². The Kier molecular flexibility index (Phi) is 7.33. The Morgan fingerprint density at radius 3 is 2.65 bits per heavy atom. The maximum Gasteiger partial charge on any atom is 0.471 e. The summed E-state index contributed by atoms with van der Waals surface area (Å²) in [5, 5.41) is 12.0. The minimum absolute atomic E-state index is 0.0291. The number of hydrogen-bond acceptors (Lipinski definition) is 8. The number of fused-ring (bicyclic) bond motifs is 5. The van der Waals surface area contributed by atoms with Crippen molar-refractivity contribution in [2.45, 2.75) is 62.1 Å². The van der Waals surface area contributed by atoms with Crippen LogP contribution in [0.3, 0.4) is 0 Å². The quantitative estimate of drug-likeness (QED) is 0.254. The second-order valence-corrected chi connectivity index (χ2v) is 13.6. The van der Waals surface area contributed by atoms with Gasteiger partial charge in [-0.3, -0.25) is 14.7 Å². The molecule has 252 valence electrons. The summed E-state index contributed by atoms with van der Waals surface area (Å²) >= 11 is 6.53. The summed E-state index contributed by atoms with van der Waals surface area (Å²) in [6, 6.07) is 6.32. The lowest BCUT2D eigenvalue weighted by atomic mass is 9.95. The van der Waals surface area contributed by atoms with Gasteiger partial charge in [0.05, 0.1) is 23.0 Å². The standard InChI is InChI=1S/C33H30ClF5N6O3/c34-24-4-1-3-17-9-21(46)10-22(25(17)24)27-26(36)28-23(12-40-27)29(43-14-19-5-6-20(15-43)45(19)30(47)33(37,38)39)42-31(41-28)48-16-32-7-2-8-44(32)13-18(35)11-32/h1,3-4,9-10,12,18-20,46H,2,5-8,11,13-16H2/t18-,19?,20?,32+/m1/s1. The van der Waals surface area contributed by atoms with Crippen molar-refractivity contribution in [3.63, 3.8) is 0 Å². The molecule has 8 rings (SSSR count). The normalized spacial score (nSPS) is 25.8. The molecule has 0 saturated carbocycles. The highest BCUT2D eigenvalue weighted by atomic mass is 35.5. The smallest absolute Gasteiger partial charge is 0.471 e. The average Bonchev–Trinajstić information content (AvgIpc) is 3.65. The van der Waals surface area contributed by atoms with Gasteiger partial charge in [0.2, 0.25) is 0 Å². The van der Waals surface area contributed by atoms with E-state index in [1.807, 2.05) is 0 Å². The van der Waals surface area contributed by atoms with E-state index in [-0.39, 0.29) is 59.4 Å². The number of piperazine rings is 1. The van der Waals surface area contributed by atoms with Gasteiger partial charge in [-0.05, 0) is 55.8 Å². The number of hydrogen-bond donors (Lipinski definition) is 1. The van der Waals surface area contributed by atoms with Gasteiger partial charge in [-0.15, -0.1) is 0 Å². The number of benzene rings is 2. The number of aromatic hydroxyl groups is 1. The first kappa shape index (κ1) is 31.2. The Morgan fingerprint density at radius 1 is 1.12 bits per heavy atom. The lowest BCUT2D eigenvalue weighted by Gasteiger charge is -2.42. The molecule has 0 spiro atoms. The fourth-order valence-electron chi connectivity index (χ4n) is 8.27. The van der Waals surface area contributed by atoms with Crippen LogP contribution in [0.5, 0.6) is 11.8 Å². The number of pyridine rings is 1. The van der Waals surface area contributed by atoms with Crippen molar-refractivity contribution in [3.8, 4) is 23.0 Å². The Labute approximate surface area is 276 Å². The largest absolute Gasteiger partial charge is 0.508 e. The van der Waals surface area contributed by atoms with Crippen molar-refractivity contribution in [2.75, 3.05) is 37.7 Å². The van der Waals surface area contributed by atoms with Crippen LogP contribution < -0.4 is 9.64 Å². The van der Waals surface area contributed by atoms with Crippen LogP contribution in [0.1, 0.15) is 32.1 Å². The van der Waals surface area contributed by atoms with E-state index in [2.05, 4.69) is 19.9 Å². The number of carbonyl (C=O) groups excluding carboxylic acids is 1. The van der Waals surface area contributed by atoms with E-state index >= 15 is 4.39 Å². The average molecular weight is 689 g/mol. The van der Waals surface area contributed by atoms with Crippen molar-refractivity contribution < 1.29 is 36.6 Å². The molecule has 6 heterocycles. The highest BCUT2D eigenvalue weighted by Gasteiger charge is 2.52. The molecule has 4 saturated heterocycles. The van der Waals surface area contributed by atoms with Crippen LogP contribution in [0.15, 0.2) is 36.5 Å². The summed E-state index contributed by atoms with van der Waals surface area (Å²) < 4.78 is 77.7. The maximum absolute atomic E-state index is 16.8. The molecule has 4 atom stereocenters. The Hall–Kier alpha value is -4.04. The zero-order valence-corrected chi connectivity index (χ0v) is 26.2. The third kappa shape index (κ3) is 5.06. The van der Waals surface area contributed by atoms with Crippen molar-refractivity contribution in [1.82, 2.24) is 24.8 Å². The monoisotopic (exact) mass is 688 g/mol. The maximum atomic E-state index is 16.8. The van der Waals surface area contributed by atoms with Crippen LogP contribution in [0.2, 0.25) is 5.02 Å². The fraction of sp³-hybridized carbons (Fsp3) is 0.455. The molecule has 0 aliphatic carbocycles. The van der Waals surface area contributed by atoms with E-state index in [9.17, 15) is 27.5 Å². The molecule has 1 N–H and O–H groups in total. The number of phenolic OH excluding ortho intramolecular Hbond substituents is 1. The van der Waals surface area contributed by atoms with Crippen molar-refractivity contribution in [1.29, 1.82) is 0 Å². The van der Waals surface area contributed by atoms with Gasteiger partial charge in [0.1, 0.15) is 35.6 Å². The number of aromatic nitrogens is 3. The molecule has 9 nitrogen and oxygen atoms in total. The number of ether oxygens (including phenoxy) is 1. The van der Waals surface area contributed by atoms with E-state index in [0.29, 0.717) is 41.6 Å². The van der Waals surface area contributed by atoms with Crippen LogP contribution in [0.25, 0.3) is 32.9 Å². The molecular weight excluding hydrogens is 659 g/mol. The van der Waals surface area contributed by atoms with Gasteiger partial charge < -0.3 is 19.6 Å². The van der Waals surface area contributed by atoms with Crippen LogP contribution >= 0.6 is 11.6 Å². The van der Waals surface area contributed by atoms with Crippen LogP contribution in [-0.2, 0) is 4.79 Å². The number of phenols is 1. The first-order chi connectivity index (χ1) is 22.9. The molecule has 0 radical (unpaired) electrons. The van der Waals surface area contributed by atoms with Gasteiger partial charge in [0.25, 0.3) is 0 Å². The summed E-state index contributed by atoms with van der Waals surface area (Å²) in [7, 11) is 0. The van der Waals surface area contributed by atoms with Crippen molar-refractivity contribution in [3.05, 3.63) is 47.4 Å². The number of carbonyl (C=O) groups is 1. The van der Waals surface area contributed by atoms with Gasteiger partial charge >= 0.3 is 18.1 Å². The molecule has 2 aromatic carbocycles. The Bertz CT molecular complexity index is 1950. The van der Waals surface area contributed by atoms with Gasteiger partial charge in [0, 0.05) is 48.2 Å². The van der Waals surface area contributed by atoms with Crippen LogP contribution in [-0.4, -0.2) is 98.5 Å². The number of rotatable bonds is 5. The number of nitrogens with zero attached hydrogens (tertiary/aromatic N) is 6. The molecule has 1 amide bonds. The summed E-state index contributed by atoms with van der Waals surface area (Å²) in [5.74, 6) is -2.63. The minimum atomic E-state index is -5.00. The van der Waals surface area contributed by atoms with E-state index in [1.165, 1.54) is 18.3 Å². The number of halogens is 6. The Balaban J connectivity index is 1.23. The highest BCUT2D eigenvalue weighted by molar-refractivity contribution is 6.36. The summed E-state index contributed by atoms with van der Waals surface area (Å²) in [5.41, 5.74) is -0.597. The molecule has 48 heavy (non-hydrogen) atoms. The van der Waals surface area contributed by atoms with Gasteiger partial charge in [-0.2, -0.15) is 23.1 Å². The molecule has 4 aromatic rings. The van der Waals surface area contributed by atoms with Crippen LogP contribution in [0, 0.1) is 5.82 Å². The SMILES string of the molecule is O=C(N1C2CCC1CN(c1nc(OC[C@@]34CCCN3C[C@H](F)C4)nc3c(F)c(-c4cc(O)cc5cccc(Cl)c45)ncc13)C2)C(F)(F)F. The third-order valence-electron chi connectivity index (χ3n) is 10.3. The fourth-order valence-corrected chi connectivity index (χ4v) is 8.55. The van der Waals surface area contributed by atoms with E-state index < -0.39 is 41.7 Å². The lowest BCUT2D eigenvalue weighted by Crippen LogP contribution is -2.59. The first-order valence-electron chi connectivity index (χ1n) is 15.9. The molecular formula is C33H30ClF5N6O3. The second-order valence-electron chi connectivity index (χ2n) is 13.2. The van der Waals surface area contributed by atoms with Crippen LogP contribution in [0.4, 0.5) is 27.8 Å². The minimum Gasteiger partial charge on any atom is -0.508 e. The summed E-state index contributed by atoms with van der Waals surface area (Å²) in [6.45, 7) is 1.18. The number of anilines is 1. The van der Waals surface area contributed by atoms with E-state index in [1.54, 1.807) is 23.1 Å². The second kappa shape index (κ2) is 11.3. The predicted molar refractivity (Wildman–Crippen MR) is 167 cm³/mol. The molecule has 2 bridgehead atoms. The highest BCUT2D eigenvalue weighted by Crippen LogP contribution is 2.43. The van der Waals surface area contributed by atoms with Gasteiger partial charge in [-0.25, -0.2) is 8.78 Å². The lowest BCUT2D eigenvalue weighted by molar-refractivity contribution is -0.188. The predicted octanol–water partition coefficient (Wildman–Crippen LogP) is 6.04. The molecule has 4 aliphatic rings. The molecule has 15 heteroatoms. The molecule has 2 unspecified atom stereocenters. The van der Waals surface area contributed by atoms with E-state index in [0.717, 1.165) is 24.3 Å². The zero-order chi connectivity index (χ0) is 33.5. The zero-order valence-electron chi connectivity index (χ0n) is 25.5. The van der Waals surface area contributed by atoms with Gasteiger partial charge in [-0.1, -0.05) is 23.7 Å². The van der Waals surface area contributed by atoms with Crippen molar-refractivity contribution >= 4 is 45.0 Å².